The minimum Gasteiger partial charge on any atom is -0.472 e. The van der Waals surface area contributed by atoms with Crippen molar-refractivity contribution in [1.29, 1.82) is 0 Å². The predicted molar refractivity (Wildman–Crippen MR) is 81.8 cm³/mol. The molecule has 0 saturated carbocycles. The first-order chi connectivity index (χ1) is 10.1. The maximum atomic E-state index is 6.07. The Kier molecular flexibility index (Phi) is 5.19. The largest absolute Gasteiger partial charge is 0.472 e. The van der Waals surface area contributed by atoms with Crippen molar-refractivity contribution in [2.24, 2.45) is 5.16 Å². The number of anilines is 1. The molecular formula is C13H12Cl2N4O2. The van der Waals surface area contributed by atoms with Crippen LogP contribution in [0.1, 0.15) is 11.1 Å². The molecule has 0 aliphatic rings. The second kappa shape index (κ2) is 7.10. The minimum atomic E-state index is 0.184. The maximum absolute atomic E-state index is 6.07. The molecule has 1 aromatic carbocycles. The van der Waals surface area contributed by atoms with Crippen LogP contribution in [0, 0.1) is 0 Å². The number of halogens is 2. The van der Waals surface area contributed by atoms with Gasteiger partial charge >= 0.3 is 0 Å². The number of hydrogen-bond donors (Lipinski definition) is 1. The van der Waals surface area contributed by atoms with Gasteiger partial charge in [-0.2, -0.15) is 0 Å². The number of aromatic nitrogens is 2. The Hall–Kier alpha value is -2.05. The molecule has 0 saturated heterocycles. The molecule has 0 spiro atoms. The molecule has 21 heavy (non-hydrogen) atoms. The van der Waals surface area contributed by atoms with Crippen molar-refractivity contribution in [3.8, 4) is 5.88 Å². The molecule has 110 valence electrons. The maximum Gasteiger partial charge on any atom is 0.228 e. The summed E-state index contributed by atoms with van der Waals surface area (Å²) in [5.74, 6) is 0.511. The van der Waals surface area contributed by atoms with E-state index in [9.17, 15) is 0 Å². The van der Waals surface area contributed by atoms with Gasteiger partial charge in [0.2, 0.25) is 5.88 Å². The van der Waals surface area contributed by atoms with E-state index >= 15 is 0 Å². The normalized spacial score (nSPS) is 10.8. The van der Waals surface area contributed by atoms with Gasteiger partial charge in [0.1, 0.15) is 31.4 Å². The van der Waals surface area contributed by atoms with Crippen molar-refractivity contribution in [2.45, 2.75) is 6.61 Å². The quantitative estimate of drug-likeness (QED) is 0.674. The molecule has 0 radical (unpaired) electrons. The fourth-order valence-corrected chi connectivity index (χ4v) is 1.90. The summed E-state index contributed by atoms with van der Waals surface area (Å²) in [6.07, 6.45) is 2.68. The fraction of sp³-hybridized carbons (Fsp3) is 0.154. The van der Waals surface area contributed by atoms with Crippen LogP contribution in [-0.2, 0) is 11.4 Å². The topological polar surface area (TPSA) is 82.6 Å². The lowest BCUT2D eigenvalue weighted by molar-refractivity contribution is 0.215. The van der Waals surface area contributed by atoms with Gasteiger partial charge in [-0.05, 0) is 18.2 Å². The van der Waals surface area contributed by atoms with Crippen LogP contribution < -0.4 is 10.5 Å². The highest BCUT2D eigenvalue weighted by molar-refractivity contribution is 6.33. The van der Waals surface area contributed by atoms with E-state index in [1.807, 2.05) is 0 Å². The van der Waals surface area contributed by atoms with Crippen LogP contribution >= 0.6 is 23.2 Å². The molecule has 0 amide bonds. The summed E-state index contributed by atoms with van der Waals surface area (Å²) in [7, 11) is 1.42. The average molecular weight is 327 g/mol. The third kappa shape index (κ3) is 3.96. The van der Waals surface area contributed by atoms with Gasteiger partial charge in [-0.3, -0.25) is 0 Å². The Labute approximate surface area is 131 Å². The second-order valence-electron chi connectivity index (χ2n) is 3.92. The van der Waals surface area contributed by atoms with Crippen LogP contribution in [0.25, 0.3) is 0 Å². The lowest BCUT2D eigenvalue weighted by Crippen LogP contribution is -2.05. The van der Waals surface area contributed by atoms with Crippen LogP contribution in [0.2, 0.25) is 10.0 Å². The molecule has 2 rings (SSSR count). The van der Waals surface area contributed by atoms with Gasteiger partial charge in [0.15, 0.2) is 0 Å². The van der Waals surface area contributed by atoms with Crippen molar-refractivity contribution < 1.29 is 9.57 Å². The molecule has 1 aromatic heterocycles. The molecule has 0 fully saturated rings. The lowest BCUT2D eigenvalue weighted by atomic mass is 10.2. The number of ether oxygens (including phenoxy) is 1. The van der Waals surface area contributed by atoms with Crippen molar-refractivity contribution in [2.75, 3.05) is 12.8 Å². The Morgan fingerprint density at radius 3 is 2.90 bits per heavy atom. The zero-order valence-corrected chi connectivity index (χ0v) is 12.6. The summed E-state index contributed by atoms with van der Waals surface area (Å²) >= 11 is 12.0. The molecule has 2 aromatic rings. The van der Waals surface area contributed by atoms with Gasteiger partial charge < -0.3 is 15.3 Å². The predicted octanol–water partition coefficient (Wildman–Crippen LogP) is 2.92. The van der Waals surface area contributed by atoms with E-state index in [2.05, 4.69) is 20.0 Å². The van der Waals surface area contributed by atoms with Gasteiger partial charge in [-0.15, -0.1) is 0 Å². The van der Waals surface area contributed by atoms with Crippen LogP contribution in [0.3, 0.4) is 0 Å². The highest BCUT2D eigenvalue weighted by Gasteiger charge is 2.10. The molecule has 0 atom stereocenters. The molecule has 2 N–H and O–H groups in total. The number of hydrogen-bond acceptors (Lipinski definition) is 6. The first kappa shape index (κ1) is 15.3. The third-order valence-electron chi connectivity index (χ3n) is 2.54. The fourth-order valence-electron chi connectivity index (χ4n) is 1.53. The van der Waals surface area contributed by atoms with E-state index in [1.54, 1.807) is 18.2 Å². The summed E-state index contributed by atoms with van der Waals surface area (Å²) in [5, 5.41) is 4.76. The van der Waals surface area contributed by atoms with Crippen molar-refractivity contribution in [3.05, 3.63) is 45.7 Å². The summed E-state index contributed by atoms with van der Waals surface area (Å²) in [6.45, 7) is 0.184. The zero-order chi connectivity index (χ0) is 15.2. The smallest absolute Gasteiger partial charge is 0.228 e. The molecular weight excluding hydrogens is 315 g/mol. The van der Waals surface area contributed by atoms with E-state index < -0.39 is 0 Å². The van der Waals surface area contributed by atoms with Crippen LogP contribution in [0.15, 0.2) is 29.7 Å². The molecule has 8 heteroatoms. The van der Waals surface area contributed by atoms with E-state index in [0.29, 0.717) is 15.6 Å². The second-order valence-corrected chi connectivity index (χ2v) is 4.76. The molecule has 0 unspecified atom stereocenters. The highest BCUT2D eigenvalue weighted by atomic mass is 35.5. The van der Waals surface area contributed by atoms with Gasteiger partial charge in [0, 0.05) is 15.6 Å². The summed E-state index contributed by atoms with van der Waals surface area (Å²) in [5.41, 5.74) is 6.92. The Bertz CT molecular complexity index is 665. The average Bonchev–Trinajstić information content (AvgIpc) is 2.47. The number of rotatable bonds is 5. The van der Waals surface area contributed by atoms with E-state index in [-0.39, 0.29) is 18.3 Å². The zero-order valence-electron chi connectivity index (χ0n) is 11.1. The number of nitrogens with zero attached hydrogens (tertiary/aromatic N) is 3. The van der Waals surface area contributed by atoms with E-state index in [0.717, 1.165) is 5.56 Å². The van der Waals surface area contributed by atoms with Crippen LogP contribution in [0.4, 0.5) is 5.82 Å². The van der Waals surface area contributed by atoms with Gasteiger partial charge in [-0.25, -0.2) is 9.97 Å². The van der Waals surface area contributed by atoms with E-state index in [1.165, 1.54) is 19.7 Å². The molecule has 6 nitrogen and oxygen atoms in total. The molecule has 0 bridgehead atoms. The van der Waals surface area contributed by atoms with Gasteiger partial charge in [0.05, 0.1) is 6.21 Å². The lowest BCUT2D eigenvalue weighted by Gasteiger charge is -2.10. The number of nitrogens with two attached hydrogens (primary N) is 1. The van der Waals surface area contributed by atoms with Crippen molar-refractivity contribution in [1.82, 2.24) is 9.97 Å². The van der Waals surface area contributed by atoms with Crippen LogP contribution in [0.5, 0.6) is 5.88 Å². The SMILES string of the molecule is CO/N=C/c1c(N)ncnc1OCc1cc(Cl)ccc1Cl. The van der Waals surface area contributed by atoms with Gasteiger partial charge in [0.25, 0.3) is 0 Å². The molecule has 0 aliphatic carbocycles. The Morgan fingerprint density at radius 1 is 1.33 bits per heavy atom. The minimum absolute atomic E-state index is 0.184. The van der Waals surface area contributed by atoms with E-state index in [4.69, 9.17) is 33.7 Å². The highest BCUT2D eigenvalue weighted by Crippen LogP contribution is 2.23. The van der Waals surface area contributed by atoms with Crippen molar-refractivity contribution in [3.63, 3.8) is 0 Å². The Morgan fingerprint density at radius 2 is 2.14 bits per heavy atom. The summed E-state index contributed by atoms with van der Waals surface area (Å²) < 4.78 is 5.62. The third-order valence-corrected chi connectivity index (χ3v) is 3.14. The van der Waals surface area contributed by atoms with Crippen LogP contribution in [-0.4, -0.2) is 23.3 Å². The standard InChI is InChI=1S/C13H12Cl2N4O2/c1-20-19-5-10-12(16)17-7-18-13(10)21-6-8-4-9(14)2-3-11(8)15/h2-5,7H,6H2,1H3,(H2,16,17,18)/b19-5+. The monoisotopic (exact) mass is 326 g/mol. The number of oxime groups is 1. The molecule has 0 aliphatic heterocycles. The first-order valence-corrected chi connectivity index (χ1v) is 6.61. The summed E-state index contributed by atoms with van der Waals surface area (Å²) in [6, 6.07) is 5.12. The van der Waals surface area contributed by atoms with Gasteiger partial charge in [-0.1, -0.05) is 28.4 Å². The molecule has 1 heterocycles. The van der Waals surface area contributed by atoms with Crippen molar-refractivity contribution >= 4 is 35.2 Å². The number of benzene rings is 1. The summed E-state index contributed by atoms with van der Waals surface area (Å²) in [4.78, 5) is 12.5. The first-order valence-electron chi connectivity index (χ1n) is 5.85. The Balaban J connectivity index is 2.22. The number of nitrogen functional groups attached to an aromatic ring is 1.